The van der Waals surface area contributed by atoms with Gasteiger partial charge in [-0.05, 0) is 20.8 Å². The summed E-state index contributed by atoms with van der Waals surface area (Å²) in [5, 5.41) is 13.5. The molecule has 224 valence electrons. The number of hydrogen-bond acceptors (Lipinski definition) is 13. The number of nitrogens with one attached hydrogen (secondary N) is 1. The fraction of sp³-hybridized carbons (Fsp3) is 0.708. The Morgan fingerprint density at radius 3 is 2.60 bits per heavy atom. The van der Waals surface area contributed by atoms with Gasteiger partial charge >= 0.3 is 13.7 Å². The van der Waals surface area contributed by atoms with Gasteiger partial charge in [0.05, 0.1) is 31.7 Å². The van der Waals surface area contributed by atoms with Crippen molar-refractivity contribution in [1.82, 2.24) is 24.6 Å². The number of aliphatic hydroxyl groups is 1. The van der Waals surface area contributed by atoms with Gasteiger partial charge in [-0.1, -0.05) is 39.5 Å². The predicted molar refractivity (Wildman–Crippen MR) is 149 cm³/mol. The van der Waals surface area contributed by atoms with Crippen molar-refractivity contribution in [2.45, 2.75) is 79.0 Å². The highest BCUT2D eigenvalue weighted by molar-refractivity contribution is 8.13. The van der Waals surface area contributed by atoms with E-state index >= 15 is 0 Å². The number of carbonyl (C=O) groups excluding carboxylic acids is 2. The number of esters is 1. The van der Waals surface area contributed by atoms with E-state index in [0.29, 0.717) is 11.2 Å². The van der Waals surface area contributed by atoms with Gasteiger partial charge in [-0.15, -0.1) is 0 Å². The summed E-state index contributed by atoms with van der Waals surface area (Å²) in [5.74, 6) is -0.628. The Kier molecular flexibility index (Phi) is 10.7. The van der Waals surface area contributed by atoms with E-state index in [0.717, 1.165) is 11.8 Å². The Bertz CT molecular complexity index is 1240. The summed E-state index contributed by atoms with van der Waals surface area (Å²) in [6.07, 6.45) is -0.136. The van der Waals surface area contributed by atoms with Gasteiger partial charge in [0, 0.05) is 17.1 Å². The molecule has 1 fully saturated rings. The first-order valence-electron chi connectivity index (χ1n) is 12.9. The van der Waals surface area contributed by atoms with Crippen LogP contribution >= 0.6 is 19.5 Å². The highest BCUT2D eigenvalue weighted by Crippen LogP contribution is 2.46. The third-order valence-electron chi connectivity index (χ3n) is 6.00. The number of fused-ring (bicyclic) bond motifs is 1. The van der Waals surface area contributed by atoms with Crippen LogP contribution in [-0.2, 0) is 32.7 Å². The first-order valence-corrected chi connectivity index (χ1v) is 15.5. The molecule has 6 atom stereocenters. The summed E-state index contributed by atoms with van der Waals surface area (Å²) in [7, 11) is -4.12. The number of nitrogens with two attached hydrogens (primary N) is 1. The van der Waals surface area contributed by atoms with Crippen LogP contribution in [-0.4, -0.2) is 79.0 Å². The number of imidazole rings is 1. The number of thioether (sulfide) groups is 1. The zero-order valence-corrected chi connectivity index (χ0v) is 25.5. The van der Waals surface area contributed by atoms with E-state index in [1.54, 1.807) is 46.1 Å². The van der Waals surface area contributed by atoms with Crippen molar-refractivity contribution < 1.29 is 37.8 Å². The maximum atomic E-state index is 13.7. The second kappa shape index (κ2) is 13.2. The van der Waals surface area contributed by atoms with Crippen molar-refractivity contribution in [3.05, 3.63) is 12.7 Å². The lowest BCUT2D eigenvalue weighted by Crippen LogP contribution is -2.37. The van der Waals surface area contributed by atoms with Crippen LogP contribution in [0.5, 0.6) is 0 Å². The molecule has 0 aromatic carbocycles. The SMILES string of the molecule is CC(C)OC(=O)C(C)NP(=O)(OCCSC(=O)C(C)(C)C)OCC1OC(n2cnc3c(N)ncnc32)C(C)C1O. The van der Waals surface area contributed by atoms with E-state index in [1.807, 2.05) is 0 Å². The first kappa shape index (κ1) is 32.4. The smallest absolute Gasteiger partial charge is 0.406 e. The number of ether oxygens (including phenoxy) is 2. The molecule has 1 aliphatic rings. The molecule has 0 radical (unpaired) electrons. The molecule has 4 N–H and O–H groups in total. The topological polar surface area (TPSA) is 190 Å². The number of nitrogens with zero attached hydrogens (tertiary/aromatic N) is 4. The lowest BCUT2D eigenvalue weighted by molar-refractivity contribution is -0.149. The Hall–Kier alpha value is -2.13. The number of nitrogen functional groups attached to an aromatic ring is 1. The highest BCUT2D eigenvalue weighted by atomic mass is 32.2. The van der Waals surface area contributed by atoms with Gasteiger partial charge in [-0.2, -0.15) is 0 Å². The highest BCUT2D eigenvalue weighted by Gasteiger charge is 2.44. The molecule has 1 saturated heterocycles. The maximum Gasteiger partial charge on any atom is 0.406 e. The van der Waals surface area contributed by atoms with Gasteiger partial charge in [0.2, 0.25) is 0 Å². The summed E-state index contributed by atoms with van der Waals surface area (Å²) in [6.45, 7) is 11.6. The van der Waals surface area contributed by atoms with Crippen molar-refractivity contribution in [3.63, 3.8) is 0 Å². The number of aromatic nitrogens is 4. The second-order valence-corrected chi connectivity index (χ2v) is 13.7. The molecule has 1 aliphatic heterocycles. The lowest BCUT2D eigenvalue weighted by Gasteiger charge is -2.25. The average molecular weight is 603 g/mol. The van der Waals surface area contributed by atoms with Crippen molar-refractivity contribution in [2.24, 2.45) is 11.3 Å². The Labute approximate surface area is 237 Å². The van der Waals surface area contributed by atoms with Crippen LogP contribution in [0.4, 0.5) is 5.82 Å². The number of aliphatic hydroxyl groups excluding tert-OH is 1. The van der Waals surface area contributed by atoms with E-state index in [1.165, 1.54) is 19.6 Å². The molecule has 2 aromatic heterocycles. The van der Waals surface area contributed by atoms with Gasteiger partial charge < -0.3 is 20.3 Å². The van der Waals surface area contributed by atoms with Crippen molar-refractivity contribution in [1.29, 1.82) is 0 Å². The molecule has 3 rings (SSSR count). The van der Waals surface area contributed by atoms with Crippen LogP contribution in [0, 0.1) is 11.3 Å². The van der Waals surface area contributed by atoms with Gasteiger partial charge in [-0.3, -0.25) is 23.2 Å². The van der Waals surface area contributed by atoms with Gasteiger partial charge in [0.15, 0.2) is 16.6 Å². The van der Waals surface area contributed by atoms with Gasteiger partial charge in [0.25, 0.3) is 0 Å². The average Bonchev–Trinajstić information content (AvgIpc) is 3.41. The molecule has 40 heavy (non-hydrogen) atoms. The summed E-state index contributed by atoms with van der Waals surface area (Å²) in [6, 6.07) is -1.03. The molecular formula is C24H39N6O8PS. The lowest BCUT2D eigenvalue weighted by atomic mass is 10.00. The number of hydrogen-bond donors (Lipinski definition) is 3. The summed E-state index contributed by atoms with van der Waals surface area (Å²) in [5.41, 5.74) is 6.18. The third kappa shape index (κ3) is 7.99. The predicted octanol–water partition coefficient (Wildman–Crippen LogP) is 2.68. The number of carbonyl (C=O) groups is 2. The third-order valence-corrected chi connectivity index (χ3v) is 8.96. The quantitative estimate of drug-likeness (QED) is 0.182. The van der Waals surface area contributed by atoms with Crippen LogP contribution in [0.3, 0.4) is 0 Å². The van der Waals surface area contributed by atoms with Crippen LogP contribution in [0.15, 0.2) is 12.7 Å². The van der Waals surface area contributed by atoms with Crippen LogP contribution < -0.4 is 10.8 Å². The molecule has 0 bridgehead atoms. The Morgan fingerprint density at radius 2 is 1.95 bits per heavy atom. The van der Waals surface area contributed by atoms with Gasteiger partial charge in [0.1, 0.15) is 30.2 Å². The van der Waals surface area contributed by atoms with E-state index < -0.39 is 49.5 Å². The largest absolute Gasteiger partial charge is 0.462 e. The molecule has 0 spiro atoms. The molecule has 0 amide bonds. The Morgan fingerprint density at radius 1 is 1.25 bits per heavy atom. The summed E-state index contributed by atoms with van der Waals surface area (Å²) >= 11 is 1.05. The first-order chi connectivity index (χ1) is 18.6. The van der Waals surface area contributed by atoms with Crippen molar-refractivity contribution >= 4 is 47.6 Å². The molecule has 2 aromatic rings. The summed E-state index contributed by atoms with van der Waals surface area (Å²) < 4.78 is 37.8. The van der Waals surface area contributed by atoms with Crippen LogP contribution in [0.25, 0.3) is 11.2 Å². The maximum absolute atomic E-state index is 13.7. The fourth-order valence-electron chi connectivity index (χ4n) is 3.82. The van der Waals surface area contributed by atoms with Crippen LogP contribution in [0.2, 0.25) is 0 Å². The second-order valence-electron chi connectivity index (χ2n) is 10.8. The fourth-order valence-corrected chi connectivity index (χ4v) is 6.21. The van der Waals surface area contributed by atoms with E-state index in [9.17, 15) is 19.3 Å². The van der Waals surface area contributed by atoms with E-state index in [2.05, 4.69) is 20.0 Å². The van der Waals surface area contributed by atoms with Crippen molar-refractivity contribution in [3.8, 4) is 0 Å². The number of rotatable bonds is 12. The molecular weight excluding hydrogens is 563 g/mol. The monoisotopic (exact) mass is 602 g/mol. The van der Waals surface area contributed by atoms with E-state index in [-0.39, 0.29) is 36.0 Å². The molecule has 0 saturated carbocycles. The van der Waals surface area contributed by atoms with Gasteiger partial charge in [-0.25, -0.2) is 24.6 Å². The normalized spacial score (nSPS) is 23.8. The van der Waals surface area contributed by atoms with Crippen molar-refractivity contribution in [2.75, 3.05) is 24.7 Å². The zero-order chi connectivity index (χ0) is 29.8. The molecule has 6 unspecified atom stereocenters. The molecule has 14 nitrogen and oxygen atoms in total. The minimum absolute atomic E-state index is 0.0461. The molecule has 0 aliphatic carbocycles. The molecule has 16 heteroatoms. The Balaban J connectivity index is 1.70. The van der Waals surface area contributed by atoms with E-state index in [4.69, 9.17) is 24.3 Å². The minimum Gasteiger partial charge on any atom is -0.462 e. The van der Waals surface area contributed by atoms with Crippen LogP contribution in [0.1, 0.15) is 54.7 Å². The molecule has 3 heterocycles. The number of anilines is 1. The zero-order valence-electron chi connectivity index (χ0n) is 23.8. The minimum atomic E-state index is -4.12. The summed E-state index contributed by atoms with van der Waals surface area (Å²) in [4.78, 5) is 37.0. The standard InChI is InChI=1S/C24H39N6O8PS/c1-13(2)37-22(32)15(4)29-39(34,35-8-9-40-23(33)24(5,6)7)36-10-16-18(31)14(3)21(38-16)30-12-28-17-19(25)26-11-27-20(17)30/h11-16,18,21,31H,8-10H2,1-7H3,(H,29,34)(H2,25,26,27).